The van der Waals surface area contributed by atoms with Crippen LogP contribution in [0.5, 0.6) is 0 Å². The Labute approximate surface area is 107 Å². The minimum Gasteiger partial charge on any atom is -0.468 e. The van der Waals surface area contributed by atoms with Gasteiger partial charge in [-0.1, -0.05) is 20.8 Å². The van der Waals surface area contributed by atoms with Crippen molar-refractivity contribution in [1.29, 1.82) is 5.26 Å². The summed E-state index contributed by atoms with van der Waals surface area (Å²) in [6.07, 6.45) is 0. The number of methoxy groups -OCH3 is 1. The summed E-state index contributed by atoms with van der Waals surface area (Å²) in [5.74, 6) is 0.566. The Morgan fingerprint density at radius 3 is 2.67 bits per heavy atom. The van der Waals surface area contributed by atoms with Crippen LogP contribution in [0.25, 0.3) is 0 Å². The summed E-state index contributed by atoms with van der Waals surface area (Å²) < 4.78 is 10.0. The number of nitrogens with one attached hydrogen (secondary N) is 1. The van der Waals surface area contributed by atoms with E-state index < -0.39 is 6.04 Å². The summed E-state index contributed by atoms with van der Waals surface area (Å²) >= 11 is 0. The molecule has 1 rings (SSSR count). The molecule has 0 spiro atoms. The van der Waals surface area contributed by atoms with Crippen LogP contribution in [-0.2, 0) is 16.1 Å². The van der Waals surface area contributed by atoms with Gasteiger partial charge in [-0.15, -0.1) is 0 Å². The van der Waals surface area contributed by atoms with Crippen molar-refractivity contribution < 1.29 is 13.9 Å². The van der Waals surface area contributed by atoms with Crippen molar-refractivity contribution in [3.05, 3.63) is 23.7 Å². The minimum absolute atomic E-state index is 0.261. The predicted molar refractivity (Wildman–Crippen MR) is 65.5 cm³/mol. The van der Waals surface area contributed by atoms with Crippen LogP contribution in [0.1, 0.15) is 32.3 Å². The standard InChI is InChI=1S/C13H18N2O3/c1-13(2,3)11(12(16)17-4)15-8-10-6-5-9(7-14)18-10/h5-6,11,15H,8H2,1-4H3. The van der Waals surface area contributed by atoms with Gasteiger partial charge in [0, 0.05) is 0 Å². The summed E-state index contributed by atoms with van der Waals surface area (Å²) in [7, 11) is 1.36. The van der Waals surface area contributed by atoms with Gasteiger partial charge in [0.2, 0.25) is 5.76 Å². The monoisotopic (exact) mass is 250 g/mol. The fourth-order valence-electron chi connectivity index (χ4n) is 1.60. The van der Waals surface area contributed by atoms with Gasteiger partial charge < -0.3 is 9.15 Å². The van der Waals surface area contributed by atoms with Gasteiger partial charge in [-0.25, -0.2) is 0 Å². The molecule has 1 heterocycles. The molecular formula is C13H18N2O3. The van der Waals surface area contributed by atoms with Gasteiger partial charge >= 0.3 is 5.97 Å². The number of nitrogens with zero attached hydrogens (tertiary/aromatic N) is 1. The molecule has 0 radical (unpaired) electrons. The highest BCUT2D eigenvalue weighted by Crippen LogP contribution is 2.21. The second-order valence-corrected chi connectivity index (χ2v) is 5.08. The van der Waals surface area contributed by atoms with Crippen LogP contribution in [0.15, 0.2) is 16.5 Å². The van der Waals surface area contributed by atoms with Crippen LogP contribution in [0.4, 0.5) is 0 Å². The maximum atomic E-state index is 11.7. The van der Waals surface area contributed by atoms with E-state index in [-0.39, 0.29) is 17.1 Å². The molecule has 0 fully saturated rings. The van der Waals surface area contributed by atoms with E-state index in [4.69, 9.17) is 14.4 Å². The molecule has 0 aromatic carbocycles. The van der Waals surface area contributed by atoms with E-state index in [1.165, 1.54) is 7.11 Å². The molecule has 1 atom stereocenters. The molecule has 0 saturated heterocycles. The second kappa shape index (κ2) is 5.69. The van der Waals surface area contributed by atoms with Crippen LogP contribution < -0.4 is 5.32 Å². The van der Waals surface area contributed by atoms with Gasteiger partial charge in [-0.3, -0.25) is 10.1 Å². The lowest BCUT2D eigenvalue weighted by molar-refractivity contribution is -0.146. The van der Waals surface area contributed by atoms with E-state index in [1.54, 1.807) is 12.1 Å². The van der Waals surface area contributed by atoms with E-state index in [1.807, 2.05) is 26.8 Å². The Kier molecular flexibility index (Phi) is 4.51. The van der Waals surface area contributed by atoms with E-state index in [9.17, 15) is 4.79 Å². The molecule has 1 N–H and O–H groups in total. The molecule has 0 aliphatic heterocycles. The first-order valence-electron chi connectivity index (χ1n) is 5.68. The first kappa shape index (κ1) is 14.3. The molecular weight excluding hydrogens is 232 g/mol. The second-order valence-electron chi connectivity index (χ2n) is 5.08. The number of carbonyl (C=O) groups excluding carboxylic acids is 1. The van der Waals surface area contributed by atoms with E-state index in [2.05, 4.69) is 5.32 Å². The summed E-state index contributed by atoms with van der Waals surface area (Å²) in [6, 6.07) is 4.79. The van der Waals surface area contributed by atoms with Crippen molar-refractivity contribution in [2.24, 2.45) is 5.41 Å². The SMILES string of the molecule is COC(=O)C(NCc1ccc(C#N)o1)C(C)(C)C. The molecule has 0 amide bonds. The molecule has 0 saturated carbocycles. The topological polar surface area (TPSA) is 75.3 Å². The fourth-order valence-corrected chi connectivity index (χ4v) is 1.60. The lowest BCUT2D eigenvalue weighted by Gasteiger charge is -2.28. The summed E-state index contributed by atoms with van der Waals surface area (Å²) in [4.78, 5) is 11.7. The summed E-state index contributed by atoms with van der Waals surface area (Å²) in [5, 5.41) is 11.7. The van der Waals surface area contributed by atoms with Crippen LogP contribution in [0.3, 0.4) is 0 Å². The molecule has 1 aromatic heterocycles. The third kappa shape index (κ3) is 3.60. The molecule has 0 aliphatic carbocycles. The third-order valence-electron chi connectivity index (χ3n) is 2.56. The van der Waals surface area contributed by atoms with Crippen molar-refractivity contribution >= 4 is 5.97 Å². The Morgan fingerprint density at radius 1 is 1.56 bits per heavy atom. The molecule has 0 aliphatic rings. The number of hydrogen-bond donors (Lipinski definition) is 1. The zero-order valence-corrected chi connectivity index (χ0v) is 11.1. The molecule has 98 valence electrons. The normalized spacial score (nSPS) is 12.8. The molecule has 18 heavy (non-hydrogen) atoms. The number of carbonyl (C=O) groups is 1. The quantitative estimate of drug-likeness (QED) is 0.825. The number of furan rings is 1. The van der Waals surface area contributed by atoms with Crippen LogP contribution in [-0.4, -0.2) is 19.1 Å². The number of ether oxygens (including phenoxy) is 1. The van der Waals surface area contributed by atoms with Gasteiger partial charge in [-0.05, 0) is 17.5 Å². The average molecular weight is 250 g/mol. The maximum Gasteiger partial charge on any atom is 0.323 e. The highest BCUT2D eigenvalue weighted by molar-refractivity contribution is 5.76. The minimum atomic E-state index is -0.432. The van der Waals surface area contributed by atoms with Crippen LogP contribution in [0.2, 0.25) is 0 Å². The lowest BCUT2D eigenvalue weighted by Crippen LogP contribution is -2.46. The molecule has 1 unspecified atom stereocenters. The van der Waals surface area contributed by atoms with E-state index in [0.717, 1.165) is 0 Å². The number of esters is 1. The van der Waals surface area contributed by atoms with Gasteiger partial charge in [0.1, 0.15) is 17.9 Å². The maximum absolute atomic E-state index is 11.7. The van der Waals surface area contributed by atoms with Crippen molar-refractivity contribution in [3.63, 3.8) is 0 Å². The number of nitriles is 1. The predicted octanol–water partition coefficient (Wildman–Crippen LogP) is 1.83. The van der Waals surface area contributed by atoms with Crippen molar-refractivity contribution in [2.75, 3.05) is 7.11 Å². The lowest BCUT2D eigenvalue weighted by atomic mass is 9.86. The number of rotatable bonds is 4. The van der Waals surface area contributed by atoms with Crippen LogP contribution >= 0.6 is 0 Å². The highest BCUT2D eigenvalue weighted by atomic mass is 16.5. The zero-order chi connectivity index (χ0) is 13.8. The van der Waals surface area contributed by atoms with E-state index in [0.29, 0.717) is 12.3 Å². The first-order valence-corrected chi connectivity index (χ1v) is 5.68. The molecule has 0 bridgehead atoms. The van der Waals surface area contributed by atoms with Gasteiger partial charge in [-0.2, -0.15) is 5.26 Å². The summed E-state index contributed by atoms with van der Waals surface area (Å²) in [6.45, 7) is 6.22. The molecule has 5 nitrogen and oxygen atoms in total. The summed E-state index contributed by atoms with van der Waals surface area (Å²) in [5.41, 5.74) is -0.266. The smallest absolute Gasteiger partial charge is 0.323 e. The van der Waals surface area contributed by atoms with Gasteiger partial charge in [0.25, 0.3) is 0 Å². The molecule has 5 heteroatoms. The fraction of sp³-hybridized carbons (Fsp3) is 0.538. The zero-order valence-electron chi connectivity index (χ0n) is 11.1. The Morgan fingerprint density at radius 2 is 2.22 bits per heavy atom. The highest BCUT2D eigenvalue weighted by Gasteiger charge is 2.31. The largest absolute Gasteiger partial charge is 0.468 e. The van der Waals surface area contributed by atoms with E-state index >= 15 is 0 Å². The van der Waals surface area contributed by atoms with Crippen LogP contribution in [0, 0.1) is 16.7 Å². The van der Waals surface area contributed by atoms with Crippen molar-refractivity contribution in [1.82, 2.24) is 5.32 Å². The van der Waals surface area contributed by atoms with Crippen molar-refractivity contribution in [2.45, 2.75) is 33.4 Å². The first-order chi connectivity index (χ1) is 8.38. The number of hydrogen-bond acceptors (Lipinski definition) is 5. The van der Waals surface area contributed by atoms with Crippen molar-refractivity contribution in [3.8, 4) is 6.07 Å². The Balaban J connectivity index is 2.68. The van der Waals surface area contributed by atoms with Gasteiger partial charge in [0.05, 0.1) is 13.7 Å². The average Bonchev–Trinajstić information content (AvgIpc) is 2.75. The Hall–Kier alpha value is -1.80. The Bertz CT molecular complexity index is 452. The van der Waals surface area contributed by atoms with Gasteiger partial charge in [0.15, 0.2) is 0 Å². The third-order valence-corrected chi connectivity index (χ3v) is 2.56. The molecule has 1 aromatic rings.